The maximum absolute atomic E-state index is 11.2. The molecule has 0 bridgehead atoms. The number of anilines is 1. The van der Waals surface area contributed by atoms with Crippen LogP contribution in [0.1, 0.15) is 31.4 Å². The van der Waals surface area contributed by atoms with Gasteiger partial charge in [0.1, 0.15) is 6.54 Å². The van der Waals surface area contributed by atoms with E-state index >= 15 is 0 Å². The van der Waals surface area contributed by atoms with Gasteiger partial charge in [0.25, 0.3) is 0 Å². The molecule has 1 aliphatic heterocycles. The Morgan fingerprint density at radius 2 is 1.43 bits per heavy atom. The van der Waals surface area contributed by atoms with Crippen LogP contribution in [0.2, 0.25) is 0 Å². The van der Waals surface area contributed by atoms with Gasteiger partial charge in [0.15, 0.2) is 5.75 Å². The van der Waals surface area contributed by atoms with Crippen molar-refractivity contribution in [1.29, 1.82) is 0 Å². The maximum Gasteiger partial charge on any atom is 0.212 e. The fourth-order valence-corrected chi connectivity index (χ4v) is 6.24. The van der Waals surface area contributed by atoms with Gasteiger partial charge in [-0.2, -0.15) is 4.57 Å². The molecule has 1 aliphatic rings. The number of ether oxygens (including phenoxy) is 1. The van der Waals surface area contributed by atoms with Gasteiger partial charge in [-0.15, -0.1) is 0 Å². The number of aromatic nitrogens is 1. The van der Waals surface area contributed by atoms with Crippen LogP contribution in [-0.4, -0.2) is 44.0 Å². The molecule has 5 rings (SSSR count). The van der Waals surface area contributed by atoms with Gasteiger partial charge >= 0.3 is 0 Å². The molecule has 0 saturated heterocycles. The quantitative estimate of drug-likeness (QED) is 0.129. The lowest BCUT2D eigenvalue weighted by molar-refractivity contribution is -0.673. The van der Waals surface area contributed by atoms with E-state index < -0.39 is 31.7 Å². The largest absolute Gasteiger partial charge is 0.748 e. The van der Waals surface area contributed by atoms with Crippen molar-refractivity contribution in [3.63, 3.8) is 0 Å². The van der Waals surface area contributed by atoms with Crippen LogP contribution in [0.25, 0.3) is 28.1 Å². The standard InChI is InChI=1S/C31H32N2O7S2/c34-41(35,36)20-8-6-18-32-27(16-14-25-12-4-5-13-28(25)32)23-31-33(19-7-9-21-42(37,38)39)29-22-26(15-17-30(29)40-31)24-10-2-1-3-11-24/h1-5,10-17,22-23H,6-9,18-21H2,(H-,34,35,36,37,38,39)/p-1. The first-order chi connectivity index (χ1) is 20.1. The number of aryl methyl sites for hydroxylation is 1. The summed E-state index contributed by atoms with van der Waals surface area (Å²) < 4.78 is 75.3. The minimum absolute atomic E-state index is 0.224. The molecule has 0 unspecified atom stereocenters. The van der Waals surface area contributed by atoms with Crippen molar-refractivity contribution in [2.45, 2.75) is 32.2 Å². The molecule has 0 saturated carbocycles. The molecular weight excluding hydrogens is 576 g/mol. The van der Waals surface area contributed by atoms with Gasteiger partial charge in [-0.05, 0) is 54.7 Å². The van der Waals surface area contributed by atoms with Crippen molar-refractivity contribution in [3.05, 3.63) is 96.5 Å². The second-order valence-electron chi connectivity index (χ2n) is 10.2. The van der Waals surface area contributed by atoms with E-state index in [0.717, 1.165) is 33.4 Å². The first-order valence-corrected chi connectivity index (χ1v) is 16.9. The predicted octanol–water partition coefficient (Wildman–Crippen LogP) is 4.64. The van der Waals surface area contributed by atoms with Gasteiger partial charge < -0.3 is 18.7 Å². The predicted molar refractivity (Wildman–Crippen MR) is 160 cm³/mol. The van der Waals surface area contributed by atoms with Crippen LogP contribution in [0.15, 0.2) is 90.8 Å². The van der Waals surface area contributed by atoms with Crippen molar-refractivity contribution < 1.29 is 35.2 Å². The minimum atomic E-state index is -4.31. The highest BCUT2D eigenvalue weighted by atomic mass is 32.2. The highest BCUT2D eigenvalue weighted by molar-refractivity contribution is 7.85. The molecule has 0 fully saturated rings. The number of nitrogens with zero attached hydrogens (tertiary/aromatic N) is 2. The van der Waals surface area contributed by atoms with E-state index in [1.54, 1.807) is 0 Å². The molecule has 1 aromatic heterocycles. The molecule has 0 aliphatic carbocycles. The third-order valence-electron chi connectivity index (χ3n) is 7.13. The van der Waals surface area contributed by atoms with Crippen molar-refractivity contribution in [2.75, 3.05) is 23.0 Å². The summed E-state index contributed by atoms with van der Waals surface area (Å²) in [5, 5.41) is 1.01. The summed E-state index contributed by atoms with van der Waals surface area (Å²) in [6, 6.07) is 27.7. The first-order valence-electron chi connectivity index (χ1n) is 13.7. The molecule has 0 spiro atoms. The SMILES string of the molecule is O=S(=O)([O-])CCCCN1C(=Cc2ccc3ccccc3[n+]2CCCCS(=O)(=O)[O-])Oc2ccc(-c3ccccc3)cc21. The number of para-hydroxylation sites is 1. The van der Waals surface area contributed by atoms with E-state index in [4.69, 9.17) is 4.74 Å². The van der Waals surface area contributed by atoms with E-state index in [1.807, 2.05) is 95.9 Å². The molecule has 0 amide bonds. The summed E-state index contributed by atoms with van der Waals surface area (Å²) in [5.74, 6) is 0.363. The van der Waals surface area contributed by atoms with Gasteiger partial charge in [0.2, 0.25) is 17.1 Å². The van der Waals surface area contributed by atoms with Crippen molar-refractivity contribution in [3.8, 4) is 16.9 Å². The molecule has 0 radical (unpaired) electrons. The second-order valence-corrected chi connectivity index (χ2v) is 13.2. The van der Waals surface area contributed by atoms with E-state index in [0.29, 0.717) is 37.6 Å². The smallest absolute Gasteiger partial charge is 0.212 e. The zero-order valence-corrected chi connectivity index (χ0v) is 24.5. The Balaban J connectivity index is 1.50. The summed E-state index contributed by atoms with van der Waals surface area (Å²) in [7, 11) is -8.59. The number of fused-ring (bicyclic) bond motifs is 2. The Labute approximate surface area is 246 Å². The van der Waals surface area contributed by atoms with Gasteiger partial charge in [0, 0.05) is 42.0 Å². The summed E-state index contributed by atoms with van der Waals surface area (Å²) in [4.78, 5) is 1.99. The number of pyridine rings is 1. The Kier molecular flexibility index (Phi) is 8.93. The lowest BCUT2D eigenvalue weighted by Gasteiger charge is -2.19. The van der Waals surface area contributed by atoms with E-state index in [9.17, 15) is 25.9 Å². The van der Waals surface area contributed by atoms with E-state index in [2.05, 4.69) is 4.57 Å². The molecule has 9 nitrogen and oxygen atoms in total. The van der Waals surface area contributed by atoms with Crippen LogP contribution in [0, 0.1) is 0 Å². The second kappa shape index (κ2) is 12.6. The average Bonchev–Trinajstić information content (AvgIpc) is 3.29. The lowest BCUT2D eigenvalue weighted by atomic mass is 10.0. The van der Waals surface area contributed by atoms with Crippen LogP contribution in [0.4, 0.5) is 5.69 Å². The summed E-state index contributed by atoms with van der Waals surface area (Å²) in [6.07, 6.45) is 3.33. The van der Waals surface area contributed by atoms with Gasteiger partial charge in [-0.1, -0.05) is 48.5 Å². The monoisotopic (exact) mass is 607 g/mol. The van der Waals surface area contributed by atoms with Crippen LogP contribution in [0.5, 0.6) is 5.75 Å². The Hall–Kier alpha value is -3.77. The molecule has 0 N–H and O–H groups in total. The van der Waals surface area contributed by atoms with Crippen LogP contribution in [-0.2, 0) is 26.8 Å². The fourth-order valence-electron chi connectivity index (χ4n) is 5.13. The summed E-state index contributed by atoms with van der Waals surface area (Å²) in [6.45, 7) is 0.921. The minimum Gasteiger partial charge on any atom is -0.748 e. The topological polar surface area (TPSA) is 131 Å². The number of unbranched alkanes of at least 4 members (excludes halogenated alkanes) is 2. The van der Waals surface area contributed by atoms with Crippen molar-refractivity contribution in [2.24, 2.45) is 0 Å². The Bertz CT molecular complexity index is 1820. The van der Waals surface area contributed by atoms with Gasteiger partial charge in [0.05, 0.1) is 32.0 Å². The molecule has 3 aromatic carbocycles. The Morgan fingerprint density at radius 3 is 2.17 bits per heavy atom. The molecule has 42 heavy (non-hydrogen) atoms. The van der Waals surface area contributed by atoms with E-state index in [-0.39, 0.29) is 12.8 Å². The molecule has 4 aromatic rings. The zero-order valence-electron chi connectivity index (χ0n) is 22.9. The Morgan fingerprint density at radius 1 is 0.738 bits per heavy atom. The summed E-state index contributed by atoms with van der Waals surface area (Å²) >= 11 is 0. The highest BCUT2D eigenvalue weighted by Gasteiger charge is 2.28. The molecular formula is C31H31N2O7S2-. The third-order valence-corrected chi connectivity index (χ3v) is 8.71. The lowest BCUT2D eigenvalue weighted by Crippen LogP contribution is -2.38. The normalized spacial score (nSPS) is 14.3. The zero-order chi connectivity index (χ0) is 29.7. The third kappa shape index (κ3) is 7.54. The van der Waals surface area contributed by atoms with Crippen molar-refractivity contribution >= 4 is 42.9 Å². The molecule has 220 valence electrons. The average molecular weight is 608 g/mol. The number of hydrogen-bond donors (Lipinski definition) is 0. The molecule has 0 atom stereocenters. The van der Waals surface area contributed by atoms with E-state index in [1.165, 1.54) is 0 Å². The summed E-state index contributed by atoms with van der Waals surface area (Å²) in [5.41, 5.74) is 4.64. The maximum atomic E-state index is 11.2. The number of rotatable bonds is 12. The number of benzene rings is 3. The van der Waals surface area contributed by atoms with Crippen molar-refractivity contribution in [1.82, 2.24) is 0 Å². The molecule has 2 heterocycles. The van der Waals surface area contributed by atoms with Crippen LogP contribution in [0.3, 0.4) is 0 Å². The number of hydrogen-bond acceptors (Lipinski definition) is 8. The van der Waals surface area contributed by atoms with Gasteiger partial charge in [-0.3, -0.25) is 0 Å². The van der Waals surface area contributed by atoms with Crippen LogP contribution < -0.4 is 14.2 Å². The van der Waals surface area contributed by atoms with Gasteiger partial charge in [-0.25, -0.2) is 16.8 Å². The fraction of sp³-hybridized carbons (Fsp3) is 0.258. The highest BCUT2D eigenvalue weighted by Crippen LogP contribution is 2.42. The van der Waals surface area contributed by atoms with Crippen LogP contribution >= 0.6 is 0 Å². The molecule has 11 heteroatoms. The first kappa shape index (κ1) is 29.7.